The molecule has 0 bridgehead atoms. The van der Waals surface area contributed by atoms with Crippen LogP contribution in [0, 0.1) is 0 Å². The molecule has 5 aromatic rings. The van der Waals surface area contributed by atoms with E-state index >= 15 is 0 Å². The Bertz CT molecular complexity index is 1330. The van der Waals surface area contributed by atoms with Crippen molar-refractivity contribution in [3.8, 4) is 5.75 Å². The van der Waals surface area contributed by atoms with Crippen LogP contribution in [0.1, 0.15) is 19.3 Å². The van der Waals surface area contributed by atoms with E-state index in [1.165, 1.54) is 28.3 Å². The van der Waals surface area contributed by atoms with Crippen molar-refractivity contribution in [3.63, 3.8) is 0 Å². The van der Waals surface area contributed by atoms with Gasteiger partial charge in [-0.05, 0) is 19.3 Å². The maximum atomic E-state index is 12.0. The lowest BCUT2D eigenvalue weighted by atomic mass is 9.13. The van der Waals surface area contributed by atoms with Crippen LogP contribution >= 0.6 is 0 Å². The standard InChI is InChI=1S/C24H20B.C12H17N2O2/c1-5-13-21(14-6-1)25(22-15-7-2-8-16-22,23-17-9-3-10-18-23)24-19-11-4-12-20-24;1-16-11-5-9-14(10-6-11)12(15)13-7-3-2-4-8-13/h1-20H;5-6,9-10H,2-4,7-8H2,1H3/q-1;+1. The normalized spacial score (nSPS) is 13.0. The first-order valence-electron chi connectivity index (χ1n) is 14.5. The molecule has 1 fully saturated rings. The zero-order chi connectivity index (χ0) is 28.3. The number of methoxy groups -OCH3 is 1. The molecule has 1 amide bonds. The second-order valence-electron chi connectivity index (χ2n) is 10.5. The number of carbonyl (C=O) groups is 1. The molecule has 0 unspecified atom stereocenters. The molecule has 1 aliphatic heterocycles. The minimum atomic E-state index is -1.22. The average Bonchev–Trinajstić information content (AvgIpc) is 3.08. The molecule has 6 rings (SSSR count). The van der Waals surface area contributed by atoms with Crippen molar-refractivity contribution in [1.29, 1.82) is 0 Å². The monoisotopic (exact) mass is 540 g/mol. The van der Waals surface area contributed by atoms with Gasteiger partial charge in [-0.2, -0.15) is 31.2 Å². The number of ether oxygens (including phenoxy) is 1. The van der Waals surface area contributed by atoms with Crippen LogP contribution in [0.15, 0.2) is 146 Å². The average molecular weight is 541 g/mol. The van der Waals surface area contributed by atoms with Crippen molar-refractivity contribution in [2.24, 2.45) is 0 Å². The van der Waals surface area contributed by atoms with Crippen molar-refractivity contribution < 1.29 is 14.1 Å². The van der Waals surface area contributed by atoms with Gasteiger partial charge in [0.05, 0.1) is 20.2 Å². The van der Waals surface area contributed by atoms with E-state index in [0.29, 0.717) is 0 Å². The van der Waals surface area contributed by atoms with Crippen LogP contribution in [0.2, 0.25) is 0 Å². The van der Waals surface area contributed by atoms with Crippen LogP contribution in [-0.2, 0) is 0 Å². The van der Waals surface area contributed by atoms with Gasteiger partial charge in [-0.15, -0.1) is 0 Å². The fourth-order valence-corrected chi connectivity index (χ4v) is 6.05. The van der Waals surface area contributed by atoms with E-state index in [4.69, 9.17) is 4.74 Å². The van der Waals surface area contributed by atoms with Crippen LogP contribution < -0.4 is 31.2 Å². The number of nitrogens with zero attached hydrogens (tertiary/aromatic N) is 2. The summed E-state index contributed by atoms with van der Waals surface area (Å²) >= 11 is 0. The number of likely N-dealkylation sites (tertiary alicyclic amines) is 1. The number of amides is 1. The second kappa shape index (κ2) is 13.6. The van der Waals surface area contributed by atoms with Crippen LogP contribution in [-0.4, -0.2) is 37.3 Å². The Hall–Kier alpha value is -4.64. The maximum Gasteiger partial charge on any atom is 0.497 e. The molecule has 0 aliphatic carbocycles. The Morgan fingerprint density at radius 3 is 1.29 bits per heavy atom. The molecule has 2 heterocycles. The van der Waals surface area contributed by atoms with Crippen molar-refractivity contribution in [1.82, 2.24) is 4.90 Å². The zero-order valence-corrected chi connectivity index (χ0v) is 23.7. The Balaban J connectivity index is 0.000000182. The number of pyridine rings is 1. The van der Waals surface area contributed by atoms with Crippen molar-refractivity contribution in [2.75, 3.05) is 20.2 Å². The molecule has 0 radical (unpaired) electrons. The summed E-state index contributed by atoms with van der Waals surface area (Å²) in [5.74, 6) is 0.766. The second-order valence-corrected chi connectivity index (χ2v) is 10.5. The van der Waals surface area contributed by atoms with E-state index in [0.717, 1.165) is 31.7 Å². The van der Waals surface area contributed by atoms with Crippen molar-refractivity contribution in [2.45, 2.75) is 19.3 Å². The van der Waals surface area contributed by atoms with Gasteiger partial charge >= 0.3 is 6.03 Å². The van der Waals surface area contributed by atoms with Gasteiger partial charge < -0.3 is 4.74 Å². The third-order valence-corrected chi connectivity index (χ3v) is 8.08. The molecular weight excluding hydrogens is 503 g/mol. The van der Waals surface area contributed by atoms with E-state index in [-0.39, 0.29) is 6.03 Å². The maximum absolute atomic E-state index is 12.0. The largest absolute Gasteiger partial charge is 0.497 e. The van der Waals surface area contributed by atoms with E-state index < -0.39 is 6.15 Å². The van der Waals surface area contributed by atoms with Gasteiger partial charge in [0, 0.05) is 12.1 Å². The number of piperidine rings is 1. The van der Waals surface area contributed by atoms with Gasteiger partial charge in [0.15, 0.2) is 0 Å². The fraction of sp³-hybridized carbons (Fsp3) is 0.167. The number of rotatable bonds is 5. The molecule has 4 aromatic carbocycles. The molecule has 0 atom stereocenters. The van der Waals surface area contributed by atoms with Crippen molar-refractivity contribution in [3.05, 3.63) is 146 Å². The van der Waals surface area contributed by atoms with Gasteiger partial charge in [-0.1, -0.05) is 121 Å². The number of hydrogen-bond donors (Lipinski definition) is 0. The van der Waals surface area contributed by atoms with E-state index in [1.54, 1.807) is 36.2 Å². The number of hydrogen-bond acceptors (Lipinski definition) is 2. The summed E-state index contributed by atoms with van der Waals surface area (Å²) in [7, 11) is 1.62. The summed E-state index contributed by atoms with van der Waals surface area (Å²) in [4.78, 5) is 13.9. The van der Waals surface area contributed by atoms with Gasteiger partial charge in [0.25, 0.3) is 0 Å². The smallest absolute Gasteiger partial charge is 0.496 e. The predicted octanol–water partition coefficient (Wildman–Crippen LogP) is 4.50. The number of carbonyl (C=O) groups excluding carboxylic acids is 1. The van der Waals surface area contributed by atoms with Gasteiger partial charge in [0.1, 0.15) is 24.3 Å². The Kier molecular flexibility index (Phi) is 9.28. The molecule has 0 N–H and O–H groups in total. The quantitative estimate of drug-likeness (QED) is 0.243. The van der Waals surface area contributed by atoms with E-state index in [1.807, 2.05) is 4.90 Å². The highest BCUT2D eigenvalue weighted by Gasteiger charge is 2.31. The lowest BCUT2D eigenvalue weighted by molar-refractivity contribution is -0.578. The van der Waals surface area contributed by atoms with E-state index in [2.05, 4.69) is 121 Å². The minimum Gasteiger partial charge on any atom is -0.496 e. The van der Waals surface area contributed by atoms with Gasteiger partial charge in [0.2, 0.25) is 0 Å². The summed E-state index contributed by atoms with van der Waals surface area (Å²) in [6.07, 6.45) is 5.74. The summed E-state index contributed by atoms with van der Waals surface area (Å²) in [6, 6.07) is 47.2. The molecule has 0 saturated carbocycles. The molecule has 1 aromatic heterocycles. The Labute approximate surface area is 243 Å². The highest BCUT2D eigenvalue weighted by molar-refractivity contribution is 7.19. The number of aromatic nitrogens is 1. The highest BCUT2D eigenvalue weighted by atomic mass is 16.5. The van der Waals surface area contributed by atoms with Crippen LogP contribution in [0.5, 0.6) is 5.75 Å². The van der Waals surface area contributed by atoms with Crippen LogP contribution in [0.4, 0.5) is 4.79 Å². The minimum absolute atomic E-state index is 0.0577. The van der Waals surface area contributed by atoms with Crippen LogP contribution in [0.3, 0.4) is 0 Å². The summed E-state index contributed by atoms with van der Waals surface area (Å²) in [5, 5.41) is 0. The molecular formula is C36H37BN2O2. The molecule has 206 valence electrons. The Morgan fingerprint density at radius 2 is 0.951 bits per heavy atom. The molecule has 1 aliphatic rings. The Morgan fingerprint density at radius 1 is 0.585 bits per heavy atom. The first-order chi connectivity index (χ1) is 20.2. The molecule has 0 spiro atoms. The zero-order valence-electron chi connectivity index (χ0n) is 23.7. The molecule has 41 heavy (non-hydrogen) atoms. The van der Waals surface area contributed by atoms with Crippen molar-refractivity contribution >= 4 is 34.0 Å². The molecule has 5 heteroatoms. The van der Waals surface area contributed by atoms with Gasteiger partial charge in [-0.25, -0.2) is 4.90 Å². The third kappa shape index (κ3) is 6.25. The predicted molar refractivity (Wildman–Crippen MR) is 169 cm³/mol. The molecule has 4 nitrogen and oxygen atoms in total. The van der Waals surface area contributed by atoms with E-state index in [9.17, 15) is 4.79 Å². The first-order valence-corrected chi connectivity index (χ1v) is 14.5. The van der Waals surface area contributed by atoms with Crippen LogP contribution in [0.25, 0.3) is 0 Å². The fourth-order valence-electron chi connectivity index (χ4n) is 6.05. The highest BCUT2D eigenvalue weighted by Crippen LogP contribution is 2.10. The van der Waals surface area contributed by atoms with Gasteiger partial charge in [-0.3, -0.25) is 0 Å². The lowest BCUT2D eigenvalue weighted by Gasteiger charge is -2.44. The molecule has 1 saturated heterocycles. The topological polar surface area (TPSA) is 33.4 Å². The lowest BCUT2D eigenvalue weighted by Crippen LogP contribution is -2.74. The summed E-state index contributed by atoms with van der Waals surface area (Å²) in [5.41, 5.74) is 5.36. The SMILES string of the molecule is COc1cc[n+](C(=O)N2CCCCC2)cc1.c1ccc([B-](c2ccccc2)(c2ccccc2)c2ccccc2)cc1. The summed E-state index contributed by atoms with van der Waals surface area (Å²) in [6.45, 7) is 1.75. The number of benzene rings is 4. The summed E-state index contributed by atoms with van der Waals surface area (Å²) < 4.78 is 6.66. The first kappa shape index (κ1) is 27.9. The third-order valence-electron chi connectivity index (χ3n) is 8.08.